The van der Waals surface area contributed by atoms with Crippen LogP contribution in [-0.2, 0) is 20.7 Å². The number of halogens is 1. The Hall–Kier alpha value is -1.88. The van der Waals surface area contributed by atoms with Gasteiger partial charge in [-0.2, -0.15) is 0 Å². The molecule has 2 unspecified atom stereocenters. The Bertz CT molecular complexity index is 684. The van der Waals surface area contributed by atoms with Gasteiger partial charge in [0.1, 0.15) is 22.9 Å². The number of hydrogen-bond acceptors (Lipinski definition) is 4. The number of carbonyl (C=O) groups excluding carboxylic acids is 1. The molecular weight excluding hydrogens is 323 g/mol. The summed E-state index contributed by atoms with van der Waals surface area (Å²) in [6.07, 6.45) is 4.47. The van der Waals surface area contributed by atoms with Crippen LogP contribution in [0.2, 0.25) is 0 Å². The molecule has 0 amide bonds. The second-order valence-corrected chi connectivity index (χ2v) is 6.96. The van der Waals surface area contributed by atoms with Gasteiger partial charge < -0.3 is 14.2 Å². The average Bonchev–Trinajstić information content (AvgIpc) is 3.01. The van der Waals surface area contributed by atoms with E-state index in [1.807, 2.05) is 6.92 Å². The number of benzene rings is 1. The van der Waals surface area contributed by atoms with E-state index in [0.717, 1.165) is 12.8 Å². The maximum atomic E-state index is 14.3. The van der Waals surface area contributed by atoms with Crippen LogP contribution in [0, 0.1) is 17.7 Å². The normalized spacial score (nSPS) is 26.6. The molecule has 0 N–H and O–H groups in total. The highest BCUT2D eigenvalue weighted by atomic mass is 19.1. The maximum absolute atomic E-state index is 14.3. The highest BCUT2D eigenvalue weighted by Crippen LogP contribution is 2.46. The quantitative estimate of drug-likeness (QED) is 0.779. The van der Waals surface area contributed by atoms with Crippen molar-refractivity contribution in [2.75, 3.05) is 13.9 Å². The van der Waals surface area contributed by atoms with Crippen molar-refractivity contribution < 1.29 is 23.4 Å². The van der Waals surface area contributed by atoms with Crippen LogP contribution in [0.4, 0.5) is 4.39 Å². The molecule has 1 heterocycles. The molecule has 1 aliphatic carbocycles. The molecule has 25 heavy (non-hydrogen) atoms. The van der Waals surface area contributed by atoms with Gasteiger partial charge in [0.05, 0.1) is 7.11 Å². The first-order valence-corrected chi connectivity index (χ1v) is 8.85. The summed E-state index contributed by atoms with van der Waals surface area (Å²) in [6.45, 7) is 4.25. The number of ether oxygens (including phenoxy) is 3. The number of fused-ring (bicyclic) bond motifs is 1. The molecular formula is C20H25FO4. The summed E-state index contributed by atoms with van der Waals surface area (Å²) in [7, 11) is 1.52. The molecule has 1 saturated heterocycles. The van der Waals surface area contributed by atoms with Crippen molar-refractivity contribution in [2.45, 2.75) is 45.1 Å². The number of carbonyl (C=O) groups is 1. The van der Waals surface area contributed by atoms with Crippen LogP contribution in [0.3, 0.4) is 0 Å². The van der Waals surface area contributed by atoms with Gasteiger partial charge in [0.15, 0.2) is 12.6 Å². The van der Waals surface area contributed by atoms with Crippen molar-refractivity contribution in [3.8, 4) is 5.75 Å². The van der Waals surface area contributed by atoms with Gasteiger partial charge in [0.25, 0.3) is 0 Å². The fraction of sp³-hybridized carbons (Fsp3) is 0.550. The molecule has 1 aromatic rings. The minimum atomic E-state index is -0.639. The molecule has 1 fully saturated rings. The topological polar surface area (TPSA) is 44.8 Å². The van der Waals surface area contributed by atoms with Gasteiger partial charge in [-0.3, -0.25) is 4.79 Å². The summed E-state index contributed by atoms with van der Waals surface area (Å²) < 4.78 is 31.0. The number of rotatable bonds is 6. The van der Waals surface area contributed by atoms with Gasteiger partial charge in [-0.25, -0.2) is 4.39 Å². The van der Waals surface area contributed by atoms with E-state index in [1.165, 1.54) is 13.2 Å². The lowest BCUT2D eigenvalue weighted by molar-refractivity contribution is -0.123. The molecule has 3 rings (SSSR count). The summed E-state index contributed by atoms with van der Waals surface area (Å²) in [4.78, 5) is 12.3. The first-order chi connectivity index (χ1) is 12.0. The van der Waals surface area contributed by atoms with Crippen molar-refractivity contribution in [3.05, 3.63) is 41.4 Å². The summed E-state index contributed by atoms with van der Waals surface area (Å²) in [5.41, 5.74) is -0.0263. The molecule has 1 aromatic carbocycles. The first-order valence-electron chi connectivity index (χ1n) is 8.85. The Balaban J connectivity index is 1.85. The van der Waals surface area contributed by atoms with Crippen molar-refractivity contribution in [1.82, 2.24) is 0 Å². The van der Waals surface area contributed by atoms with Crippen molar-refractivity contribution in [2.24, 2.45) is 11.8 Å². The summed E-state index contributed by atoms with van der Waals surface area (Å²) in [6, 6.07) is 4.90. The molecule has 0 bridgehead atoms. The Morgan fingerprint density at radius 1 is 1.44 bits per heavy atom. The molecule has 3 atom stereocenters. The zero-order valence-electron chi connectivity index (χ0n) is 15.0. The number of methoxy groups -OCH3 is 1. The molecule has 0 radical (unpaired) electrons. The Morgan fingerprint density at radius 3 is 2.92 bits per heavy atom. The monoisotopic (exact) mass is 348 g/mol. The lowest BCUT2D eigenvalue weighted by Gasteiger charge is -2.38. The lowest BCUT2D eigenvalue weighted by Crippen LogP contribution is -2.45. The third-order valence-electron chi connectivity index (χ3n) is 5.39. The van der Waals surface area contributed by atoms with Crippen LogP contribution >= 0.6 is 0 Å². The fourth-order valence-electron chi connectivity index (χ4n) is 3.92. The first kappa shape index (κ1) is 17.9. The van der Waals surface area contributed by atoms with E-state index >= 15 is 0 Å². The van der Waals surface area contributed by atoms with Crippen molar-refractivity contribution in [3.63, 3.8) is 0 Å². The molecule has 4 nitrogen and oxygen atoms in total. The summed E-state index contributed by atoms with van der Waals surface area (Å²) in [5, 5.41) is 0. The van der Waals surface area contributed by atoms with Crippen molar-refractivity contribution >= 4 is 5.78 Å². The molecule has 136 valence electrons. The second kappa shape index (κ2) is 7.16. The third kappa shape index (κ3) is 3.30. The molecule has 0 saturated carbocycles. The molecule has 5 heteroatoms. The average molecular weight is 348 g/mol. The SMILES string of the molecule is CCC[C@@H]1CC2(C(C)Cc3ccc(OC)cc3F)OCOC2=CC1=O. The Labute approximate surface area is 148 Å². The highest BCUT2D eigenvalue weighted by Gasteiger charge is 2.51. The van der Waals surface area contributed by atoms with Crippen LogP contribution in [0.5, 0.6) is 5.75 Å². The van der Waals surface area contributed by atoms with Crippen LogP contribution in [-0.4, -0.2) is 25.3 Å². The zero-order valence-corrected chi connectivity index (χ0v) is 15.0. The molecule has 0 spiro atoms. The Kier molecular flexibility index (Phi) is 5.13. The van der Waals surface area contributed by atoms with Gasteiger partial charge in [0, 0.05) is 18.1 Å². The van der Waals surface area contributed by atoms with E-state index in [2.05, 4.69) is 6.92 Å². The van der Waals surface area contributed by atoms with E-state index in [0.29, 0.717) is 29.9 Å². The number of ketones is 1. The van der Waals surface area contributed by atoms with E-state index < -0.39 is 5.60 Å². The van der Waals surface area contributed by atoms with Gasteiger partial charge in [-0.15, -0.1) is 0 Å². The van der Waals surface area contributed by atoms with E-state index in [4.69, 9.17) is 14.2 Å². The van der Waals surface area contributed by atoms with Crippen LogP contribution in [0.25, 0.3) is 0 Å². The van der Waals surface area contributed by atoms with Gasteiger partial charge in [-0.1, -0.05) is 26.3 Å². The minimum absolute atomic E-state index is 0.0170. The maximum Gasteiger partial charge on any atom is 0.189 e. The smallest absolute Gasteiger partial charge is 0.189 e. The third-order valence-corrected chi connectivity index (χ3v) is 5.39. The number of allylic oxidation sites excluding steroid dienone is 1. The summed E-state index contributed by atoms with van der Waals surface area (Å²) >= 11 is 0. The van der Waals surface area contributed by atoms with E-state index in [1.54, 1.807) is 18.2 Å². The van der Waals surface area contributed by atoms with Gasteiger partial charge in [-0.05, 0) is 36.8 Å². The standard InChI is InChI=1S/C20H25FO4/c1-4-5-15-11-20(19(10-18(15)22)24-12-25-20)13(2)8-14-6-7-16(23-3)9-17(14)21/h6-7,9-10,13,15H,4-5,8,11-12H2,1-3H3/t13?,15-,20?/m1/s1. The van der Waals surface area contributed by atoms with Crippen LogP contribution < -0.4 is 4.74 Å². The van der Waals surface area contributed by atoms with Crippen molar-refractivity contribution in [1.29, 1.82) is 0 Å². The van der Waals surface area contributed by atoms with Gasteiger partial charge in [0.2, 0.25) is 0 Å². The van der Waals surface area contributed by atoms with Gasteiger partial charge >= 0.3 is 0 Å². The van der Waals surface area contributed by atoms with Crippen LogP contribution in [0.1, 0.15) is 38.7 Å². The Morgan fingerprint density at radius 2 is 2.24 bits per heavy atom. The largest absolute Gasteiger partial charge is 0.497 e. The minimum Gasteiger partial charge on any atom is -0.497 e. The predicted molar refractivity (Wildman–Crippen MR) is 91.7 cm³/mol. The molecule has 1 aliphatic heterocycles. The lowest BCUT2D eigenvalue weighted by atomic mass is 9.71. The number of hydrogen-bond donors (Lipinski definition) is 0. The predicted octanol–water partition coefficient (Wildman–Crippen LogP) is 4.03. The second-order valence-electron chi connectivity index (χ2n) is 6.96. The molecule has 2 aliphatic rings. The fourth-order valence-corrected chi connectivity index (χ4v) is 3.92. The van der Waals surface area contributed by atoms with Crippen LogP contribution in [0.15, 0.2) is 30.0 Å². The highest BCUT2D eigenvalue weighted by molar-refractivity contribution is 5.93. The zero-order chi connectivity index (χ0) is 18.0. The van der Waals surface area contributed by atoms with E-state index in [-0.39, 0.29) is 30.2 Å². The van der Waals surface area contributed by atoms with E-state index in [9.17, 15) is 9.18 Å². The molecule has 0 aromatic heterocycles. The summed E-state index contributed by atoms with van der Waals surface area (Å²) in [5.74, 6) is 0.853.